The molecular weight excluding hydrogens is 439 g/mol. The normalized spacial score (nSPS) is 10.6. The van der Waals surface area contributed by atoms with Crippen LogP contribution in [0.3, 0.4) is 0 Å². The summed E-state index contributed by atoms with van der Waals surface area (Å²) in [6.45, 7) is 5.42. The first-order valence-electron chi connectivity index (χ1n) is 7.08. The number of guanidine groups is 1. The first kappa shape index (κ1) is 20.1. The molecule has 0 saturated heterocycles. The van der Waals surface area contributed by atoms with Crippen LogP contribution in [0.15, 0.2) is 59.4 Å². The number of nitro groups is 1. The van der Waals surface area contributed by atoms with Crippen molar-refractivity contribution in [3.8, 4) is 0 Å². The summed E-state index contributed by atoms with van der Waals surface area (Å²) in [6, 6.07) is 10.5. The minimum absolute atomic E-state index is 0. The van der Waals surface area contributed by atoms with E-state index in [1.165, 1.54) is 17.0 Å². The third kappa shape index (κ3) is 6.67. The molecule has 0 aliphatic rings. The highest BCUT2D eigenvalue weighted by Gasteiger charge is 2.04. The van der Waals surface area contributed by atoms with Crippen LogP contribution in [0, 0.1) is 10.1 Å². The Morgan fingerprint density at radius 2 is 2.04 bits per heavy atom. The molecule has 6 nitrogen and oxygen atoms in total. The number of thiophene rings is 1. The molecule has 2 aromatic rings. The van der Waals surface area contributed by atoms with Crippen molar-refractivity contribution in [2.24, 2.45) is 4.99 Å². The Morgan fingerprint density at radius 1 is 1.29 bits per heavy atom. The van der Waals surface area contributed by atoms with E-state index in [4.69, 9.17) is 0 Å². The van der Waals surface area contributed by atoms with Crippen molar-refractivity contribution in [1.82, 2.24) is 10.6 Å². The molecule has 0 bridgehead atoms. The van der Waals surface area contributed by atoms with Crippen molar-refractivity contribution in [2.45, 2.75) is 13.1 Å². The van der Waals surface area contributed by atoms with Gasteiger partial charge in [0.25, 0.3) is 5.69 Å². The van der Waals surface area contributed by atoms with Crippen molar-refractivity contribution >= 4 is 47.0 Å². The first-order chi connectivity index (χ1) is 11.2. The number of rotatable bonds is 7. The van der Waals surface area contributed by atoms with E-state index in [2.05, 4.69) is 28.3 Å². The lowest BCUT2D eigenvalue weighted by atomic mass is 10.2. The number of aliphatic imine (C=N–C) groups is 1. The number of hydrogen-bond acceptors (Lipinski definition) is 4. The molecule has 2 N–H and O–H groups in total. The lowest BCUT2D eigenvalue weighted by Crippen LogP contribution is -2.36. The molecule has 0 saturated carbocycles. The molecule has 0 amide bonds. The van der Waals surface area contributed by atoms with Gasteiger partial charge in [0.1, 0.15) is 0 Å². The summed E-state index contributed by atoms with van der Waals surface area (Å²) in [7, 11) is 0. The molecule has 0 fully saturated rings. The van der Waals surface area contributed by atoms with Crippen LogP contribution in [0.5, 0.6) is 0 Å². The van der Waals surface area contributed by atoms with Crippen LogP contribution in [0.1, 0.15) is 10.4 Å². The maximum Gasteiger partial charge on any atom is 0.269 e. The third-order valence-corrected chi connectivity index (χ3v) is 3.87. The molecule has 1 aromatic heterocycles. The molecule has 8 heteroatoms. The molecule has 0 aliphatic carbocycles. The van der Waals surface area contributed by atoms with E-state index in [-0.39, 0.29) is 29.7 Å². The molecule has 2 rings (SSSR count). The van der Waals surface area contributed by atoms with E-state index in [0.717, 1.165) is 5.56 Å². The zero-order valence-corrected chi connectivity index (χ0v) is 16.1. The maximum absolute atomic E-state index is 10.6. The SMILES string of the molecule is C=CCNC(=NCc1ccc([N+](=O)[O-])cc1)NCc1cccs1.I. The molecule has 0 aliphatic heterocycles. The van der Waals surface area contributed by atoms with Crippen molar-refractivity contribution < 1.29 is 4.92 Å². The largest absolute Gasteiger partial charge is 0.353 e. The van der Waals surface area contributed by atoms with Gasteiger partial charge in [0.15, 0.2) is 5.96 Å². The average molecular weight is 458 g/mol. The first-order valence-corrected chi connectivity index (χ1v) is 7.96. The molecule has 0 atom stereocenters. The highest BCUT2D eigenvalue weighted by atomic mass is 127. The van der Waals surface area contributed by atoms with Gasteiger partial charge in [0, 0.05) is 23.6 Å². The highest BCUT2D eigenvalue weighted by Crippen LogP contribution is 2.12. The quantitative estimate of drug-likeness (QED) is 0.166. The van der Waals surface area contributed by atoms with Gasteiger partial charge in [-0.25, -0.2) is 4.99 Å². The molecule has 24 heavy (non-hydrogen) atoms. The van der Waals surface area contributed by atoms with Gasteiger partial charge < -0.3 is 10.6 Å². The number of nitro benzene ring substituents is 1. The Morgan fingerprint density at radius 3 is 2.62 bits per heavy atom. The van der Waals surface area contributed by atoms with Gasteiger partial charge in [0.05, 0.1) is 18.0 Å². The molecule has 128 valence electrons. The molecular formula is C16H19IN4O2S. The highest BCUT2D eigenvalue weighted by molar-refractivity contribution is 14.0. The summed E-state index contributed by atoms with van der Waals surface area (Å²) >= 11 is 1.68. The monoisotopic (exact) mass is 458 g/mol. The molecule has 1 aromatic carbocycles. The Kier molecular flexibility index (Phi) is 9.02. The van der Waals surface area contributed by atoms with E-state index in [0.29, 0.717) is 25.6 Å². The average Bonchev–Trinajstić information content (AvgIpc) is 3.08. The maximum atomic E-state index is 10.6. The van der Waals surface area contributed by atoms with Crippen LogP contribution in [0.4, 0.5) is 5.69 Å². The Labute approximate surface area is 161 Å². The third-order valence-electron chi connectivity index (χ3n) is 2.99. The van der Waals surface area contributed by atoms with Crippen LogP contribution in [-0.2, 0) is 13.1 Å². The molecule has 0 spiro atoms. The van der Waals surface area contributed by atoms with Crippen molar-refractivity contribution in [3.63, 3.8) is 0 Å². The topological polar surface area (TPSA) is 79.6 Å². The summed E-state index contributed by atoms with van der Waals surface area (Å²) < 4.78 is 0. The summed E-state index contributed by atoms with van der Waals surface area (Å²) in [5, 5.41) is 19.1. The number of halogens is 1. The Bertz CT molecular complexity index is 672. The zero-order valence-electron chi connectivity index (χ0n) is 13.0. The Hall–Kier alpha value is -1.94. The molecule has 0 radical (unpaired) electrons. The van der Waals surface area contributed by atoms with Gasteiger partial charge in [-0.15, -0.1) is 41.9 Å². The van der Waals surface area contributed by atoms with Crippen LogP contribution < -0.4 is 10.6 Å². The minimum Gasteiger partial charge on any atom is -0.353 e. The van der Waals surface area contributed by atoms with E-state index in [1.54, 1.807) is 29.5 Å². The van der Waals surface area contributed by atoms with Crippen LogP contribution in [0.25, 0.3) is 0 Å². The number of hydrogen-bond donors (Lipinski definition) is 2. The summed E-state index contributed by atoms with van der Waals surface area (Å²) in [6.07, 6.45) is 1.76. The standard InChI is InChI=1S/C16H18N4O2S.HI/c1-2-9-17-16(19-12-15-4-3-10-23-15)18-11-13-5-7-14(8-6-13)20(21)22;/h2-8,10H,1,9,11-12H2,(H2,17,18,19);1H. The van der Waals surface area contributed by atoms with Gasteiger partial charge in [-0.05, 0) is 17.0 Å². The van der Waals surface area contributed by atoms with Gasteiger partial charge in [-0.2, -0.15) is 0 Å². The van der Waals surface area contributed by atoms with Gasteiger partial charge in [-0.1, -0.05) is 24.3 Å². The second kappa shape index (κ2) is 10.8. The lowest BCUT2D eigenvalue weighted by Gasteiger charge is -2.10. The van der Waals surface area contributed by atoms with E-state index >= 15 is 0 Å². The van der Waals surface area contributed by atoms with Gasteiger partial charge in [-0.3, -0.25) is 10.1 Å². The van der Waals surface area contributed by atoms with Crippen molar-refractivity contribution in [1.29, 1.82) is 0 Å². The fraction of sp³-hybridized carbons (Fsp3) is 0.188. The fourth-order valence-electron chi connectivity index (χ4n) is 1.82. The van der Waals surface area contributed by atoms with E-state index < -0.39 is 4.92 Å². The van der Waals surface area contributed by atoms with Crippen LogP contribution in [0.2, 0.25) is 0 Å². The van der Waals surface area contributed by atoms with E-state index in [9.17, 15) is 10.1 Å². The number of non-ortho nitro benzene ring substituents is 1. The van der Waals surface area contributed by atoms with Crippen LogP contribution >= 0.6 is 35.3 Å². The molecule has 1 heterocycles. The second-order valence-corrected chi connectivity index (χ2v) is 5.72. The second-order valence-electron chi connectivity index (χ2n) is 4.69. The number of nitrogens with zero attached hydrogens (tertiary/aromatic N) is 2. The Balaban J connectivity index is 0.00000288. The number of benzene rings is 1. The van der Waals surface area contributed by atoms with Gasteiger partial charge in [0.2, 0.25) is 0 Å². The van der Waals surface area contributed by atoms with E-state index in [1.807, 2.05) is 11.4 Å². The smallest absolute Gasteiger partial charge is 0.269 e. The summed E-state index contributed by atoms with van der Waals surface area (Å²) in [5.41, 5.74) is 0.991. The minimum atomic E-state index is -0.410. The summed E-state index contributed by atoms with van der Waals surface area (Å²) in [5.74, 6) is 0.677. The lowest BCUT2D eigenvalue weighted by molar-refractivity contribution is -0.384. The number of nitrogens with one attached hydrogen (secondary N) is 2. The van der Waals surface area contributed by atoms with Gasteiger partial charge >= 0.3 is 0 Å². The van der Waals surface area contributed by atoms with Crippen LogP contribution in [-0.4, -0.2) is 17.4 Å². The van der Waals surface area contributed by atoms with Crippen molar-refractivity contribution in [3.05, 3.63) is 75.0 Å². The summed E-state index contributed by atoms with van der Waals surface area (Å²) in [4.78, 5) is 15.9. The molecule has 0 unspecified atom stereocenters. The zero-order chi connectivity index (χ0) is 16.5. The predicted octanol–water partition coefficient (Wildman–Crippen LogP) is 3.70. The fourth-order valence-corrected chi connectivity index (χ4v) is 2.47. The predicted molar refractivity (Wildman–Crippen MR) is 109 cm³/mol. The van der Waals surface area contributed by atoms with Crippen molar-refractivity contribution in [2.75, 3.05) is 6.54 Å².